The minimum Gasteiger partial charge on any atom is -0.330 e. The molecule has 1 aromatic heterocycles. The van der Waals surface area contributed by atoms with E-state index in [2.05, 4.69) is 11.4 Å². The average Bonchev–Trinajstić information content (AvgIpc) is 2.75. The summed E-state index contributed by atoms with van der Waals surface area (Å²) in [6, 6.07) is 8.01. The normalized spacial score (nSPS) is 12.6. The molecule has 0 saturated carbocycles. The van der Waals surface area contributed by atoms with Gasteiger partial charge in [-0.1, -0.05) is 6.92 Å². The van der Waals surface area contributed by atoms with Crippen LogP contribution in [0.1, 0.15) is 13.3 Å². The van der Waals surface area contributed by atoms with E-state index >= 15 is 0 Å². The molecular formula is C13H16N2OS. The third-order valence-electron chi connectivity index (χ3n) is 2.67. The topological polar surface area (TPSA) is 55.1 Å². The Kier molecular flexibility index (Phi) is 3.76. The Balaban J connectivity index is 2.05. The predicted octanol–water partition coefficient (Wildman–Crippen LogP) is 2.82. The van der Waals surface area contributed by atoms with Crippen molar-refractivity contribution in [3.63, 3.8) is 0 Å². The molecular weight excluding hydrogens is 232 g/mol. The molecule has 0 aliphatic rings. The van der Waals surface area contributed by atoms with E-state index in [0.29, 0.717) is 13.0 Å². The molecule has 4 heteroatoms. The Hall–Kier alpha value is -1.39. The smallest absolute Gasteiger partial charge is 0.224 e. The summed E-state index contributed by atoms with van der Waals surface area (Å²) in [6.07, 6.45) is 0.470. The molecule has 0 saturated heterocycles. The van der Waals surface area contributed by atoms with Crippen LogP contribution in [-0.2, 0) is 4.79 Å². The van der Waals surface area contributed by atoms with E-state index in [1.807, 2.05) is 30.5 Å². The van der Waals surface area contributed by atoms with Crippen molar-refractivity contribution in [3.8, 4) is 0 Å². The van der Waals surface area contributed by atoms with Gasteiger partial charge in [0.2, 0.25) is 5.91 Å². The van der Waals surface area contributed by atoms with Crippen LogP contribution < -0.4 is 11.1 Å². The molecule has 1 amide bonds. The highest BCUT2D eigenvalue weighted by Crippen LogP contribution is 2.24. The fourth-order valence-corrected chi connectivity index (χ4v) is 2.43. The number of carbonyl (C=O) groups excluding carboxylic acids is 1. The number of benzene rings is 1. The summed E-state index contributed by atoms with van der Waals surface area (Å²) >= 11 is 1.70. The number of nitrogens with two attached hydrogens (primary N) is 1. The summed E-state index contributed by atoms with van der Waals surface area (Å²) in [7, 11) is 0. The summed E-state index contributed by atoms with van der Waals surface area (Å²) in [5, 5.41) is 6.11. The molecule has 1 atom stereocenters. The number of anilines is 1. The molecule has 2 rings (SSSR count). The number of thiophene rings is 1. The quantitative estimate of drug-likeness (QED) is 0.874. The van der Waals surface area contributed by atoms with Crippen LogP contribution in [0.25, 0.3) is 10.1 Å². The van der Waals surface area contributed by atoms with Crippen LogP contribution in [0.5, 0.6) is 0 Å². The lowest BCUT2D eigenvalue weighted by molar-refractivity contribution is -0.116. The summed E-state index contributed by atoms with van der Waals surface area (Å²) in [5.74, 6) is 0.248. The zero-order chi connectivity index (χ0) is 12.3. The van der Waals surface area contributed by atoms with Gasteiger partial charge in [0.25, 0.3) is 0 Å². The van der Waals surface area contributed by atoms with Crippen LogP contribution in [0.2, 0.25) is 0 Å². The maximum absolute atomic E-state index is 11.7. The van der Waals surface area contributed by atoms with Crippen LogP contribution in [0.4, 0.5) is 5.69 Å². The maximum atomic E-state index is 11.7. The van der Waals surface area contributed by atoms with Gasteiger partial charge in [-0.15, -0.1) is 11.3 Å². The van der Waals surface area contributed by atoms with Gasteiger partial charge < -0.3 is 11.1 Å². The Labute approximate surface area is 105 Å². The van der Waals surface area contributed by atoms with Gasteiger partial charge in [-0.2, -0.15) is 0 Å². The van der Waals surface area contributed by atoms with E-state index < -0.39 is 0 Å². The zero-order valence-corrected chi connectivity index (χ0v) is 10.6. The van der Waals surface area contributed by atoms with E-state index in [1.54, 1.807) is 11.3 Å². The van der Waals surface area contributed by atoms with Crippen molar-refractivity contribution >= 4 is 33.0 Å². The molecule has 1 unspecified atom stereocenters. The van der Waals surface area contributed by atoms with Gasteiger partial charge in [-0.05, 0) is 47.5 Å². The molecule has 90 valence electrons. The summed E-state index contributed by atoms with van der Waals surface area (Å²) in [5.41, 5.74) is 6.35. The fraction of sp³-hybridized carbons (Fsp3) is 0.308. The van der Waals surface area contributed by atoms with Gasteiger partial charge in [-0.25, -0.2) is 0 Å². The highest BCUT2D eigenvalue weighted by Gasteiger charge is 2.08. The van der Waals surface area contributed by atoms with E-state index in [4.69, 9.17) is 5.73 Å². The molecule has 17 heavy (non-hydrogen) atoms. The lowest BCUT2D eigenvalue weighted by Gasteiger charge is -2.09. The minimum atomic E-state index is 0.0255. The van der Waals surface area contributed by atoms with Gasteiger partial charge in [0.15, 0.2) is 0 Å². The van der Waals surface area contributed by atoms with Gasteiger partial charge in [-0.3, -0.25) is 4.79 Å². The monoisotopic (exact) mass is 248 g/mol. The second-order valence-corrected chi connectivity index (χ2v) is 5.21. The molecule has 0 fully saturated rings. The minimum absolute atomic E-state index is 0.0255. The highest BCUT2D eigenvalue weighted by atomic mass is 32.1. The number of fused-ring (bicyclic) bond motifs is 1. The third-order valence-corrected chi connectivity index (χ3v) is 3.57. The maximum Gasteiger partial charge on any atom is 0.224 e. The van der Waals surface area contributed by atoms with Crippen molar-refractivity contribution in [3.05, 3.63) is 29.6 Å². The number of carbonyl (C=O) groups is 1. The molecule has 3 N–H and O–H groups in total. The standard InChI is InChI=1S/C13H16N2OS/c1-9(8-14)6-13(16)15-11-2-3-12-10(7-11)4-5-17-12/h2-5,7,9H,6,8,14H2,1H3,(H,15,16). The van der Waals surface area contributed by atoms with E-state index in [-0.39, 0.29) is 11.8 Å². The van der Waals surface area contributed by atoms with Gasteiger partial charge >= 0.3 is 0 Å². The van der Waals surface area contributed by atoms with E-state index in [0.717, 1.165) is 5.69 Å². The van der Waals surface area contributed by atoms with Crippen LogP contribution in [-0.4, -0.2) is 12.5 Å². The molecule has 0 bridgehead atoms. The second kappa shape index (κ2) is 5.29. The molecule has 1 heterocycles. The van der Waals surface area contributed by atoms with Crippen LogP contribution in [0, 0.1) is 5.92 Å². The third kappa shape index (κ3) is 3.05. The first-order chi connectivity index (χ1) is 8.19. The highest BCUT2D eigenvalue weighted by molar-refractivity contribution is 7.17. The van der Waals surface area contributed by atoms with Gasteiger partial charge in [0.05, 0.1) is 0 Å². The van der Waals surface area contributed by atoms with Crippen molar-refractivity contribution in [1.82, 2.24) is 0 Å². The second-order valence-electron chi connectivity index (χ2n) is 4.27. The van der Waals surface area contributed by atoms with Crippen molar-refractivity contribution in [2.75, 3.05) is 11.9 Å². The Morgan fingerprint density at radius 1 is 1.47 bits per heavy atom. The number of nitrogens with one attached hydrogen (secondary N) is 1. The van der Waals surface area contributed by atoms with Gasteiger partial charge in [0, 0.05) is 16.8 Å². The summed E-state index contributed by atoms with van der Waals surface area (Å²) in [4.78, 5) is 11.7. The first kappa shape index (κ1) is 12.1. The SMILES string of the molecule is CC(CN)CC(=O)Nc1ccc2sccc2c1. The van der Waals surface area contributed by atoms with Crippen molar-refractivity contribution in [2.45, 2.75) is 13.3 Å². The number of hydrogen-bond donors (Lipinski definition) is 2. The molecule has 1 aromatic carbocycles. The van der Waals surface area contributed by atoms with Crippen molar-refractivity contribution < 1.29 is 4.79 Å². The fourth-order valence-electron chi connectivity index (χ4n) is 1.66. The lowest BCUT2D eigenvalue weighted by atomic mass is 10.1. The van der Waals surface area contributed by atoms with Crippen LogP contribution in [0.15, 0.2) is 29.6 Å². The molecule has 0 spiro atoms. The number of rotatable bonds is 4. The lowest BCUT2D eigenvalue weighted by Crippen LogP contribution is -2.19. The van der Waals surface area contributed by atoms with E-state index in [1.165, 1.54) is 10.1 Å². The average molecular weight is 248 g/mol. The van der Waals surface area contributed by atoms with Crippen LogP contribution >= 0.6 is 11.3 Å². The summed E-state index contributed by atoms with van der Waals surface area (Å²) in [6.45, 7) is 2.51. The van der Waals surface area contributed by atoms with Crippen molar-refractivity contribution in [1.29, 1.82) is 0 Å². The summed E-state index contributed by atoms with van der Waals surface area (Å²) < 4.78 is 1.23. The Morgan fingerprint density at radius 2 is 2.29 bits per heavy atom. The van der Waals surface area contributed by atoms with E-state index in [9.17, 15) is 4.79 Å². The predicted molar refractivity (Wildman–Crippen MR) is 73.3 cm³/mol. The number of hydrogen-bond acceptors (Lipinski definition) is 3. The molecule has 2 aromatic rings. The molecule has 0 aliphatic heterocycles. The van der Waals surface area contributed by atoms with Gasteiger partial charge in [0.1, 0.15) is 0 Å². The Bertz CT molecular complexity index is 521. The molecule has 0 aliphatic carbocycles. The zero-order valence-electron chi connectivity index (χ0n) is 9.77. The largest absolute Gasteiger partial charge is 0.330 e. The molecule has 0 radical (unpaired) electrons. The Morgan fingerprint density at radius 3 is 3.06 bits per heavy atom. The first-order valence-corrected chi connectivity index (χ1v) is 6.54. The molecule has 3 nitrogen and oxygen atoms in total. The first-order valence-electron chi connectivity index (χ1n) is 5.66. The van der Waals surface area contributed by atoms with Crippen LogP contribution in [0.3, 0.4) is 0 Å². The van der Waals surface area contributed by atoms with Crippen molar-refractivity contribution in [2.24, 2.45) is 11.7 Å². The number of amides is 1.